The number of hydrogen-bond acceptors (Lipinski definition) is 2. The molecule has 1 aromatic rings. The van der Waals surface area contributed by atoms with Gasteiger partial charge in [0.05, 0.1) is 0 Å². The van der Waals surface area contributed by atoms with Crippen molar-refractivity contribution in [3.05, 3.63) is 35.4 Å². The van der Waals surface area contributed by atoms with Crippen molar-refractivity contribution in [3.8, 4) is 0 Å². The summed E-state index contributed by atoms with van der Waals surface area (Å²) < 4.78 is 0. The van der Waals surface area contributed by atoms with Gasteiger partial charge in [0.1, 0.15) is 0 Å². The highest BCUT2D eigenvalue weighted by molar-refractivity contribution is 5.85. The summed E-state index contributed by atoms with van der Waals surface area (Å²) in [6.45, 7) is 0. The van der Waals surface area contributed by atoms with Gasteiger partial charge < -0.3 is 11.1 Å². The van der Waals surface area contributed by atoms with Crippen LogP contribution in [-0.4, -0.2) is 26.0 Å². The molecule has 1 aliphatic carbocycles. The molecule has 0 saturated carbocycles. The zero-order valence-electron chi connectivity index (χ0n) is 8.58. The molecule has 3 heteroatoms. The number of fused-ring (bicyclic) bond motifs is 1. The summed E-state index contributed by atoms with van der Waals surface area (Å²) in [5.74, 6) is 0. The molecule has 0 spiro atoms. The molecule has 76 valence electrons. The molecule has 0 bridgehead atoms. The molecular weight excluding hydrogens is 184 g/mol. The monoisotopic (exact) mass is 202 g/mol. The normalized spacial score (nSPS) is 9.85. The smallest absolute Gasteiger partial charge is 0.00201 e. The summed E-state index contributed by atoms with van der Waals surface area (Å²) in [5.41, 5.74) is 3.06. The van der Waals surface area contributed by atoms with E-state index in [1.54, 1.807) is 0 Å². The average molecular weight is 203 g/mol. The van der Waals surface area contributed by atoms with Crippen LogP contribution in [0.15, 0.2) is 24.3 Å². The number of rotatable bonds is 0. The summed E-state index contributed by atoms with van der Waals surface area (Å²) in [5, 5.41) is 0. The predicted molar refractivity (Wildman–Crippen MR) is 61.1 cm³/mol. The van der Waals surface area contributed by atoms with Gasteiger partial charge in [-0.05, 0) is 38.7 Å². The van der Waals surface area contributed by atoms with E-state index >= 15 is 0 Å². The SMILES string of the molecule is CN(C)C.Cl.N.c1ccc2c(c1)C2. The first-order valence-electron chi connectivity index (χ1n) is 3.88. The first kappa shape index (κ1) is 14.9. The minimum absolute atomic E-state index is 0. The summed E-state index contributed by atoms with van der Waals surface area (Å²) in [6, 6.07) is 8.53. The van der Waals surface area contributed by atoms with E-state index in [9.17, 15) is 0 Å². The van der Waals surface area contributed by atoms with Crippen molar-refractivity contribution in [1.29, 1.82) is 0 Å². The summed E-state index contributed by atoms with van der Waals surface area (Å²) >= 11 is 0. The third-order valence-corrected chi connectivity index (χ3v) is 1.37. The van der Waals surface area contributed by atoms with Gasteiger partial charge in [-0.2, -0.15) is 0 Å². The second kappa shape index (κ2) is 6.89. The second-order valence-electron chi connectivity index (χ2n) is 3.29. The Morgan fingerprint density at radius 2 is 1.31 bits per heavy atom. The van der Waals surface area contributed by atoms with Crippen LogP contribution in [-0.2, 0) is 6.42 Å². The van der Waals surface area contributed by atoms with Crippen LogP contribution in [0.1, 0.15) is 11.1 Å². The van der Waals surface area contributed by atoms with Gasteiger partial charge in [-0.1, -0.05) is 24.3 Å². The molecule has 1 aliphatic rings. The minimum atomic E-state index is 0. The van der Waals surface area contributed by atoms with Crippen molar-refractivity contribution in [1.82, 2.24) is 11.1 Å². The van der Waals surface area contributed by atoms with Crippen molar-refractivity contribution >= 4 is 12.4 Å². The highest BCUT2D eigenvalue weighted by Gasteiger charge is 2.12. The fourth-order valence-electron chi connectivity index (χ4n) is 0.836. The second-order valence-corrected chi connectivity index (χ2v) is 3.29. The third-order valence-electron chi connectivity index (χ3n) is 1.37. The van der Waals surface area contributed by atoms with Crippen LogP contribution >= 0.6 is 12.4 Å². The Morgan fingerprint density at radius 1 is 1.00 bits per heavy atom. The Balaban J connectivity index is 0. The molecule has 0 atom stereocenters. The number of benzene rings is 1. The molecule has 0 aromatic heterocycles. The predicted octanol–water partition coefficient (Wildman–Crippen LogP) is 2.35. The zero-order chi connectivity index (χ0) is 8.27. The Bertz CT molecular complexity index is 212. The maximum atomic E-state index is 2.18. The Morgan fingerprint density at radius 3 is 1.54 bits per heavy atom. The third kappa shape index (κ3) is 6.58. The topological polar surface area (TPSA) is 38.2 Å². The van der Waals surface area contributed by atoms with Gasteiger partial charge in [-0.25, -0.2) is 0 Å². The molecule has 0 aliphatic heterocycles. The van der Waals surface area contributed by atoms with Crippen LogP contribution < -0.4 is 6.15 Å². The molecule has 0 unspecified atom stereocenters. The summed E-state index contributed by atoms with van der Waals surface area (Å²) in [4.78, 5) is 2.00. The Labute approximate surface area is 86.9 Å². The standard InChI is InChI=1S/C7H6.C3H9N.ClH.H3N/c1-2-4-7-5-6(7)3-1;1-4(2)3;;/h1-4H,5H2;1-3H3;1H;1H3. The maximum Gasteiger partial charge on any atom is -0.00201 e. The van der Waals surface area contributed by atoms with Crippen LogP contribution in [0.2, 0.25) is 0 Å². The fourth-order valence-corrected chi connectivity index (χ4v) is 0.836. The van der Waals surface area contributed by atoms with Crippen LogP contribution in [0.5, 0.6) is 0 Å². The summed E-state index contributed by atoms with van der Waals surface area (Å²) in [6.07, 6.45) is 1.24. The van der Waals surface area contributed by atoms with E-state index in [1.165, 1.54) is 17.5 Å². The van der Waals surface area contributed by atoms with Gasteiger partial charge in [0.15, 0.2) is 0 Å². The summed E-state index contributed by atoms with van der Waals surface area (Å²) in [7, 11) is 6.00. The highest BCUT2D eigenvalue weighted by atomic mass is 35.5. The molecule has 2 nitrogen and oxygen atoms in total. The van der Waals surface area contributed by atoms with E-state index < -0.39 is 0 Å². The molecule has 0 saturated heterocycles. The zero-order valence-corrected chi connectivity index (χ0v) is 9.40. The lowest BCUT2D eigenvalue weighted by Crippen LogP contribution is -1.99. The van der Waals surface area contributed by atoms with E-state index in [2.05, 4.69) is 24.3 Å². The highest BCUT2D eigenvalue weighted by Crippen LogP contribution is 2.25. The number of halogens is 1. The fraction of sp³-hybridized carbons (Fsp3) is 0.400. The Hall–Kier alpha value is -0.570. The average Bonchev–Trinajstić information content (AvgIpc) is 2.62. The molecule has 13 heavy (non-hydrogen) atoms. The van der Waals surface area contributed by atoms with Gasteiger partial charge >= 0.3 is 0 Å². The van der Waals surface area contributed by atoms with E-state index in [0.717, 1.165) is 0 Å². The van der Waals surface area contributed by atoms with Crippen LogP contribution in [0.4, 0.5) is 0 Å². The maximum absolute atomic E-state index is 2.18. The Kier molecular flexibility index (Phi) is 7.92. The van der Waals surface area contributed by atoms with Gasteiger partial charge in [-0.3, -0.25) is 0 Å². The molecule has 0 heterocycles. The van der Waals surface area contributed by atoms with Gasteiger partial charge in [0.2, 0.25) is 0 Å². The molecule has 1 aromatic carbocycles. The van der Waals surface area contributed by atoms with Crippen LogP contribution in [0.25, 0.3) is 0 Å². The van der Waals surface area contributed by atoms with Gasteiger partial charge in [0.25, 0.3) is 0 Å². The quantitative estimate of drug-likeness (QED) is 0.713. The van der Waals surface area contributed by atoms with E-state index in [1.807, 2.05) is 26.0 Å². The number of hydrogen-bond donors (Lipinski definition) is 1. The van der Waals surface area contributed by atoms with Crippen LogP contribution in [0.3, 0.4) is 0 Å². The van der Waals surface area contributed by atoms with Crippen LogP contribution in [0, 0.1) is 0 Å². The van der Waals surface area contributed by atoms with Crippen molar-refractivity contribution in [3.63, 3.8) is 0 Å². The van der Waals surface area contributed by atoms with Crippen molar-refractivity contribution < 1.29 is 0 Å². The molecule has 0 amide bonds. The number of nitrogens with zero attached hydrogens (tertiary/aromatic N) is 1. The lowest BCUT2D eigenvalue weighted by atomic mass is 10.4. The lowest BCUT2D eigenvalue weighted by molar-refractivity contribution is 0.505. The van der Waals surface area contributed by atoms with Gasteiger partial charge in [-0.15, -0.1) is 12.4 Å². The van der Waals surface area contributed by atoms with E-state index in [0.29, 0.717) is 0 Å². The lowest BCUT2D eigenvalue weighted by Gasteiger charge is -1.90. The van der Waals surface area contributed by atoms with Crippen molar-refractivity contribution in [2.75, 3.05) is 21.1 Å². The molecule has 2 rings (SSSR count). The molecular formula is C10H19ClN2. The first-order valence-corrected chi connectivity index (χ1v) is 3.88. The molecule has 0 fully saturated rings. The van der Waals surface area contributed by atoms with Crippen molar-refractivity contribution in [2.24, 2.45) is 0 Å². The largest absolute Gasteiger partial charge is 0.344 e. The minimum Gasteiger partial charge on any atom is -0.344 e. The molecule has 0 radical (unpaired) electrons. The van der Waals surface area contributed by atoms with Gasteiger partial charge in [0, 0.05) is 0 Å². The van der Waals surface area contributed by atoms with E-state index in [-0.39, 0.29) is 18.6 Å². The van der Waals surface area contributed by atoms with E-state index in [4.69, 9.17) is 0 Å². The first-order chi connectivity index (χ1) is 5.20. The van der Waals surface area contributed by atoms with Crippen molar-refractivity contribution in [2.45, 2.75) is 6.42 Å². The molecule has 3 N–H and O–H groups in total.